The van der Waals surface area contributed by atoms with Gasteiger partial charge in [0.25, 0.3) is 11.8 Å². The van der Waals surface area contributed by atoms with Crippen LogP contribution in [0.5, 0.6) is 0 Å². The zero-order chi connectivity index (χ0) is 16.7. The lowest BCUT2D eigenvalue weighted by atomic mass is 10.1. The number of hydrogen-bond acceptors (Lipinski definition) is 3. The maximum absolute atomic E-state index is 12.2. The van der Waals surface area contributed by atoms with Gasteiger partial charge in [-0.05, 0) is 36.6 Å². The highest BCUT2D eigenvalue weighted by Crippen LogP contribution is 2.08. The zero-order valence-corrected chi connectivity index (χ0v) is 13.4. The summed E-state index contributed by atoms with van der Waals surface area (Å²) in [6, 6.07) is 14.0. The molecule has 0 saturated heterocycles. The molecule has 2 N–H and O–H groups in total. The average Bonchev–Trinajstić information content (AvgIpc) is 2.55. The fraction of sp³-hybridized carbons (Fsp3) is 0.278. The number of rotatable bonds is 6. The van der Waals surface area contributed by atoms with Gasteiger partial charge in [-0.25, -0.2) is 4.98 Å². The quantitative estimate of drug-likeness (QED) is 0.861. The Hall–Kier alpha value is -2.69. The highest BCUT2D eigenvalue weighted by molar-refractivity contribution is 6.03. The topological polar surface area (TPSA) is 71.1 Å². The molecule has 0 radical (unpaired) electrons. The molecule has 0 bridgehead atoms. The van der Waals surface area contributed by atoms with E-state index in [1.807, 2.05) is 18.2 Å². The summed E-state index contributed by atoms with van der Waals surface area (Å²) in [7, 11) is 0. The predicted molar refractivity (Wildman–Crippen MR) is 90.4 cm³/mol. The van der Waals surface area contributed by atoms with Crippen molar-refractivity contribution in [2.75, 3.05) is 11.9 Å². The van der Waals surface area contributed by atoms with Gasteiger partial charge in [-0.2, -0.15) is 0 Å². The number of aromatic nitrogens is 1. The predicted octanol–water partition coefficient (Wildman–Crippen LogP) is 3.11. The number of pyridine rings is 1. The molecule has 1 aromatic carbocycles. The summed E-state index contributed by atoms with van der Waals surface area (Å²) in [5.41, 5.74) is 1.14. The standard InChI is InChI=1S/C18H21N3O2/c1-13(2)11-12-19-17(22)15-9-6-10-16(21-15)18(23)20-14-7-4-3-5-8-14/h3-10,13H,11-12H2,1-2H3,(H,19,22)(H,20,23). The minimum atomic E-state index is -0.340. The van der Waals surface area contributed by atoms with E-state index in [-0.39, 0.29) is 23.2 Å². The number of nitrogens with one attached hydrogen (secondary N) is 2. The van der Waals surface area contributed by atoms with E-state index in [1.54, 1.807) is 30.3 Å². The van der Waals surface area contributed by atoms with Crippen LogP contribution in [-0.2, 0) is 0 Å². The van der Waals surface area contributed by atoms with Crippen molar-refractivity contribution in [3.63, 3.8) is 0 Å². The van der Waals surface area contributed by atoms with Gasteiger partial charge in [-0.3, -0.25) is 9.59 Å². The number of nitrogens with zero attached hydrogens (tertiary/aromatic N) is 1. The second-order valence-corrected chi connectivity index (χ2v) is 5.67. The van der Waals surface area contributed by atoms with Crippen LogP contribution in [0.1, 0.15) is 41.2 Å². The molecule has 0 aliphatic carbocycles. The van der Waals surface area contributed by atoms with E-state index >= 15 is 0 Å². The molecule has 5 nitrogen and oxygen atoms in total. The Bertz CT molecular complexity index is 669. The minimum Gasteiger partial charge on any atom is -0.351 e. The van der Waals surface area contributed by atoms with E-state index < -0.39 is 0 Å². The van der Waals surface area contributed by atoms with Crippen molar-refractivity contribution in [3.05, 3.63) is 59.9 Å². The van der Waals surface area contributed by atoms with Gasteiger partial charge in [0, 0.05) is 12.2 Å². The van der Waals surface area contributed by atoms with Crippen LogP contribution in [0.2, 0.25) is 0 Å². The van der Waals surface area contributed by atoms with E-state index in [0.717, 1.165) is 6.42 Å². The van der Waals surface area contributed by atoms with E-state index in [1.165, 1.54) is 0 Å². The lowest BCUT2D eigenvalue weighted by molar-refractivity contribution is 0.0947. The first-order valence-corrected chi connectivity index (χ1v) is 7.68. The Morgan fingerprint density at radius 3 is 2.26 bits per heavy atom. The number of amides is 2. The molecule has 2 aromatic rings. The number of carbonyl (C=O) groups is 2. The Labute approximate surface area is 136 Å². The van der Waals surface area contributed by atoms with Crippen molar-refractivity contribution in [3.8, 4) is 0 Å². The van der Waals surface area contributed by atoms with E-state index in [4.69, 9.17) is 0 Å². The van der Waals surface area contributed by atoms with Crippen LogP contribution in [-0.4, -0.2) is 23.3 Å². The number of carbonyl (C=O) groups excluding carboxylic acids is 2. The summed E-state index contributed by atoms with van der Waals surface area (Å²) >= 11 is 0. The summed E-state index contributed by atoms with van der Waals surface area (Å²) < 4.78 is 0. The number of hydrogen-bond donors (Lipinski definition) is 2. The molecule has 0 saturated carbocycles. The largest absolute Gasteiger partial charge is 0.351 e. The van der Waals surface area contributed by atoms with E-state index in [9.17, 15) is 9.59 Å². The Morgan fingerprint density at radius 1 is 0.957 bits per heavy atom. The summed E-state index contributed by atoms with van der Waals surface area (Å²) in [5.74, 6) is -0.0840. The van der Waals surface area contributed by atoms with Gasteiger partial charge in [0.15, 0.2) is 0 Å². The average molecular weight is 311 g/mol. The fourth-order valence-corrected chi connectivity index (χ4v) is 1.97. The molecule has 1 aromatic heterocycles. The van der Waals surface area contributed by atoms with Gasteiger partial charge in [-0.1, -0.05) is 38.1 Å². The van der Waals surface area contributed by atoms with Crippen molar-refractivity contribution < 1.29 is 9.59 Å². The molecule has 0 atom stereocenters. The maximum Gasteiger partial charge on any atom is 0.274 e. The summed E-state index contributed by atoms with van der Waals surface area (Å²) in [5, 5.41) is 5.56. The lowest BCUT2D eigenvalue weighted by Gasteiger charge is -2.08. The summed E-state index contributed by atoms with van der Waals surface area (Å²) in [6.07, 6.45) is 0.903. The van der Waals surface area contributed by atoms with Gasteiger partial charge in [0.1, 0.15) is 11.4 Å². The van der Waals surface area contributed by atoms with Crippen LogP contribution < -0.4 is 10.6 Å². The Morgan fingerprint density at radius 2 is 1.61 bits per heavy atom. The second kappa shape index (κ2) is 8.08. The molecule has 1 heterocycles. The first-order valence-electron chi connectivity index (χ1n) is 7.68. The molecular weight excluding hydrogens is 290 g/mol. The first-order chi connectivity index (χ1) is 11.1. The van der Waals surface area contributed by atoms with Gasteiger partial charge in [0.05, 0.1) is 0 Å². The molecular formula is C18H21N3O2. The zero-order valence-electron chi connectivity index (χ0n) is 13.4. The van der Waals surface area contributed by atoms with E-state index in [0.29, 0.717) is 18.2 Å². The third kappa shape index (κ3) is 5.21. The maximum atomic E-state index is 12.2. The normalized spacial score (nSPS) is 10.4. The minimum absolute atomic E-state index is 0.213. The summed E-state index contributed by atoms with van der Waals surface area (Å²) in [4.78, 5) is 28.4. The summed E-state index contributed by atoms with van der Waals surface area (Å²) in [6.45, 7) is 4.79. The van der Waals surface area contributed by atoms with Crippen molar-refractivity contribution in [1.29, 1.82) is 0 Å². The van der Waals surface area contributed by atoms with Crippen LogP contribution in [0.15, 0.2) is 48.5 Å². The SMILES string of the molecule is CC(C)CCNC(=O)c1cccc(C(=O)Nc2ccccc2)n1. The number of anilines is 1. The fourth-order valence-electron chi connectivity index (χ4n) is 1.97. The highest BCUT2D eigenvalue weighted by Gasteiger charge is 2.12. The molecule has 0 unspecified atom stereocenters. The van der Waals surface area contributed by atoms with Crippen molar-refractivity contribution in [2.45, 2.75) is 20.3 Å². The van der Waals surface area contributed by atoms with Crippen LogP contribution in [0.3, 0.4) is 0 Å². The Balaban J connectivity index is 2.01. The molecule has 2 rings (SSSR count). The van der Waals surface area contributed by atoms with Crippen LogP contribution in [0.4, 0.5) is 5.69 Å². The molecule has 0 spiro atoms. The molecule has 2 amide bonds. The van der Waals surface area contributed by atoms with Crippen molar-refractivity contribution in [1.82, 2.24) is 10.3 Å². The van der Waals surface area contributed by atoms with E-state index in [2.05, 4.69) is 29.5 Å². The van der Waals surface area contributed by atoms with Gasteiger partial charge >= 0.3 is 0 Å². The second-order valence-electron chi connectivity index (χ2n) is 5.67. The monoisotopic (exact) mass is 311 g/mol. The molecule has 23 heavy (non-hydrogen) atoms. The van der Waals surface area contributed by atoms with Gasteiger partial charge in [0.2, 0.25) is 0 Å². The molecule has 0 aliphatic rings. The smallest absolute Gasteiger partial charge is 0.274 e. The van der Waals surface area contributed by atoms with Gasteiger partial charge < -0.3 is 10.6 Å². The van der Waals surface area contributed by atoms with Crippen molar-refractivity contribution in [2.24, 2.45) is 5.92 Å². The van der Waals surface area contributed by atoms with Crippen LogP contribution in [0.25, 0.3) is 0 Å². The Kier molecular flexibility index (Phi) is 5.86. The number of benzene rings is 1. The number of para-hydroxylation sites is 1. The van der Waals surface area contributed by atoms with Crippen molar-refractivity contribution >= 4 is 17.5 Å². The van der Waals surface area contributed by atoms with Crippen LogP contribution in [0, 0.1) is 5.92 Å². The highest BCUT2D eigenvalue weighted by atomic mass is 16.2. The lowest BCUT2D eigenvalue weighted by Crippen LogP contribution is -2.27. The third-order valence-corrected chi connectivity index (χ3v) is 3.25. The molecule has 0 fully saturated rings. The molecule has 120 valence electrons. The molecule has 5 heteroatoms. The first kappa shape index (κ1) is 16.7. The van der Waals surface area contributed by atoms with Crippen LogP contribution >= 0.6 is 0 Å². The third-order valence-electron chi connectivity index (χ3n) is 3.25. The molecule has 0 aliphatic heterocycles. The van der Waals surface area contributed by atoms with Gasteiger partial charge in [-0.15, -0.1) is 0 Å².